The molecule has 10 nitrogen and oxygen atoms in total. The van der Waals surface area contributed by atoms with Gasteiger partial charge in [0, 0.05) is 25.2 Å². The molecule has 0 saturated carbocycles. The summed E-state index contributed by atoms with van der Waals surface area (Å²) in [6.07, 6.45) is 4.48. The molecule has 3 aromatic heterocycles. The van der Waals surface area contributed by atoms with Gasteiger partial charge in [-0.25, -0.2) is 19.6 Å². The summed E-state index contributed by atoms with van der Waals surface area (Å²) in [7, 11) is 0. The van der Waals surface area contributed by atoms with E-state index < -0.39 is 0 Å². The lowest BCUT2D eigenvalue weighted by Crippen LogP contribution is -2.52. The summed E-state index contributed by atoms with van der Waals surface area (Å²) < 4.78 is 6.49. The highest BCUT2D eigenvalue weighted by atomic mass is 16.5. The van der Waals surface area contributed by atoms with E-state index in [2.05, 4.69) is 30.5 Å². The summed E-state index contributed by atoms with van der Waals surface area (Å²) >= 11 is 0. The lowest BCUT2D eigenvalue weighted by Gasteiger charge is -2.38. The number of amides is 1. The van der Waals surface area contributed by atoms with Crippen LogP contribution >= 0.6 is 0 Å². The van der Waals surface area contributed by atoms with Gasteiger partial charge in [-0.15, -0.1) is 0 Å². The van der Waals surface area contributed by atoms with Crippen molar-refractivity contribution in [3.63, 3.8) is 0 Å². The summed E-state index contributed by atoms with van der Waals surface area (Å²) in [5, 5.41) is 10.5. The van der Waals surface area contributed by atoms with Crippen molar-refractivity contribution < 1.29 is 9.32 Å². The second-order valence-electron chi connectivity index (χ2n) is 5.49. The molecule has 0 aliphatic carbocycles. The van der Waals surface area contributed by atoms with Gasteiger partial charge >= 0.3 is 0 Å². The molecule has 4 heterocycles. The highest BCUT2D eigenvalue weighted by Gasteiger charge is 2.34. The number of anilines is 2. The first-order valence-corrected chi connectivity index (χ1v) is 7.35. The van der Waals surface area contributed by atoms with Crippen LogP contribution in [0.15, 0.2) is 35.6 Å². The van der Waals surface area contributed by atoms with E-state index in [0.717, 1.165) is 5.82 Å². The molecule has 1 amide bonds. The van der Waals surface area contributed by atoms with Crippen molar-refractivity contribution in [2.45, 2.75) is 6.92 Å². The summed E-state index contributed by atoms with van der Waals surface area (Å²) in [4.78, 5) is 26.5. The third-order valence-electron chi connectivity index (χ3n) is 3.75. The minimum atomic E-state index is -0.119. The van der Waals surface area contributed by atoms with Crippen molar-refractivity contribution in [2.75, 3.05) is 23.3 Å². The van der Waals surface area contributed by atoms with Gasteiger partial charge in [0.2, 0.25) is 5.91 Å². The summed E-state index contributed by atoms with van der Waals surface area (Å²) in [6.45, 7) is 2.93. The van der Waals surface area contributed by atoms with Crippen LogP contribution in [0, 0.1) is 12.8 Å². The van der Waals surface area contributed by atoms with Gasteiger partial charge in [-0.3, -0.25) is 4.79 Å². The van der Waals surface area contributed by atoms with Crippen molar-refractivity contribution >= 4 is 17.5 Å². The van der Waals surface area contributed by atoms with E-state index in [-0.39, 0.29) is 11.8 Å². The number of aromatic nitrogens is 6. The van der Waals surface area contributed by atoms with Gasteiger partial charge in [-0.2, -0.15) is 5.10 Å². The van der Waals surface area contributed by atoms with E-state index in [9.17, 15) is 4.79 Å². The zero-order valence-electron chi connectivity index (χ0n) is 12.8. The Labute approximate surface area is 136 Å². The van der Waals surface area contributed by atoms with Crippen molar-refractivity contribution in [1.29, 1.82) is 0 Å². The van der Waals surface area contributed by atoms with E-state index in [1.165, 1.54) is 12.7 Å². The van der Waals surface area contributed by atoms with E-state index in [1.807, 2.05) is 11.0 Å². The van der Waals surface area contributed by atoms with Crippen molar-refractivity contribution in [3.8, 4) is 5.82 Å². The Morgan fingerprint density at radius 3 is 2.79 bits per heavy atom. The van der Waals surface area contributed by atoms with Crippen LogP contribution in [0.3, 0.4) is 0 Å². The molecule has 0 unspecified atom stereocenters. The minimum Gasteiger partial charge on any atom is -0.360 e. The Morgan fingerprint density at radius 1 is 1.25 bits per heavy atom. The summed E-state index contributed by atoms with van der Waals surface area (Å²) in [6, 6.07) is 3.49. The first kappa shape index (κ1) is 14.3. The molecule has 24 heavy (non-hydrogen) atoms. The number of nitrogens with one attached hydrogen (secondary N) is 1. The molecule has 0 spiro atoms. The second kappa shape index (κ2) is 5.72. The lowest BCUT2D eigenvalue weighted by molar-refractivity contribution is -0.120. The number of hydrogen-bond donors (Lipinski definition) is 1. The highest BCUT2D eigenvalue weighted by Crippen LogP contribution is 2.24. The Balaban J connectivity index is 1.39. The molecule has 1 aliphatic rings. The maximum absolute atomic E-state index is 12.2. The Morgan fingerprint density at radius 2 is 2.08 bits per heavy atom. The second-order valence-corrected chi connectivity index (χ2v) is 5.49. The predicted molar refractivity (Wildman–Crippen MR) is 82.5 cm³/mol. The van der Waals surface area contributed by atoms with Gasteiger partial charge < -0.3 is 14.7 Å². The smallest absolute Gasteiger partial charge is 0.232 e. The first-order valence-electron chi connectivity index (χ1n) is 7.35. The molecular weight excluding hydrogens is 312 g/mol. The van der Waals surface area contributed by atoms with Crippen LogP contribution in [0.25, 0.3) is 5.82 Å². The summed E-state index contributed by atoms with van der Waals surface area (Å²) in [5.41, 5.74) is 0. The highest BCUT2D eigenvalue weighted by molar-refractivity contribution is 5.93. The molecule has 0 bridgehead atoms. The van der Waals surface area contributed by atoms with Crippen LogP contribution in [0.2, 0.25) is 0 Å². The predicted octanol–water partition coefficient (Wildman–Crippen LogP) is 0.429. The largest absolute Gasteiger partial charge is 0.360 e. The topological polar surface area (TPSA) is 115 Å². The Hall–Kier alpha value is -3.30. The van der Waals surface area contributed by atoms with Crippen LogP contribution < -0.4 is 10.2 Å². The van der Waals surface area contributed by atoms with Crippen molar-refractivity contribution in [3.05, 3.63) is 36.9 Å². The molecule has 1 saturated heterocycles. The quantitative estimate of drug-likeness (QED) is 0.734. The zero-order valence-corrected chi connectivity index (χ0v) is 12.8. The average molecular weight is 326 g/mol. The fourth-order valence-electron chi connectivity index (χ4n) is 2.45. The van der Waals surface area contributed by atoms with E-state index in [4.69, 9.17) is 4.52 Å². The van der Waals surface area contributed by atoms with Gasteiger partial charge in [0.05, 0.1) is 5.92 Å². The molecule has 0 radical (unpaired) electrons. The number of nitrogens with zero attached hydrogens (tertiary/aromatic N) is 7. The summed E-state index contributed by atoms with van der Waals surface area (Å²) in [5.74, 6) is 2.27. The van der Waals surface area contributed by atoms with Crippen LogP contribution in [-0.4, -0.2) is 48.9 Å². The molecular formula is C14H14N8O2. The fraction of sp³-hybridized carbons (Fsp3) is 0.286. The zero-order chi connectivity index (χ0) is 16.5. The van der Waals surface area contributed by atoms with Gasteiger partial charge in [-0.1, -0.05) is 5.16 Å². The van der Waals surface area contributed by atoms with Crippen molar-refractivity contribution in [2.24, 2.45) is 5.92 Å². The van der Waals surface area contributed by atoms with Crippen LogP contribution in [0.1, 0.15) is 5.76 Å². The molecule has 122 valence electrons. The SMILES string of the molecule is Cc1cc(NC(=O)C2CN(c3cc(-n4cncn4)ncn3)C2)no1. The van der Waals surface area contributed by atoms with E-state index >= 15 is 0 Å². The Kier molecular flexibility index (Phi) is 3.41. The van der Waals surface area contributed by atoms with Gasteiger partial charge in [0.25, 0.3) is 0 Å². The number of aryl methyl sites for hydroxylation is 1. The van der Waals surface area contributed by atoms with E-state index in [0.29, 0.717) is 30.5 Å². The number of hydrogen-bond acceptors (Lipinski definition) is 8. The fourth-order valence-corrected chi connectivity index (χ4v) is 2.45. The molecule has 3 aromatic rings. The normalized spacial score (nSPS) is 14.5. The maximum Gasteiger partial charge on any atom is 0.232 e. The third-order valence-corrected chi connectivity index (χ3v) is 3.75. The maximum atomic E-state index is 12.2. The molecule has 0 atom stereocenters. The van der Waals surface area contributed by atoms with Crippen LogP contribution in [-0.2, 0) is 4.79 Å². The number of carbonyl (C=O) groups excluding carboxylic acids is 1. The van der Waals surface area contributed by atoms with Crippen molar-refractivity contribution in [1.82, 2.24) is 29.9 Å². The standard InChI is InChI=1S/C14H14N8O2/c1-9-2-11(20-24-9)19-14(23)10-4-21(5-10)12-3-13(17-7-16-12)22-8-15-6-18-22/h2-3,6-8,10H,4-5H2,1H3,(H,19,20,23). The van der Waals surface area contributed by atoms with Gasteiger partial charge in [0.1, 0.15) is 30.6 Å². The Bertz CT molecular complexity index is 853. The monoisotopic (exact) mass is 326 g/mol. The molecule has 1 N–H and O–H groups in total. The van der Waals surface area contributed by atoms with Crippen LogP contribution in [0.5, 0.6) is 0 Å². The lowest BCUT2D eigenvalue weighted by atomic mass is 9.99. The third kappa shape index (κ3) is 2.69. The average Bonchev–Trinajstić information content (AvgIpc) is 3.18. The number of rotatable bonds is 4. The molecule has 4 rings (SSSR count). The first-order chi connectivity index (χ1) is 11.7. The molecule has 0 aromatic carbocycles. The molecule has 1 aliphatic heterocycles. The van der Waals surface area contributed by atoms with Gasteiger partial charge in [-0.05, 0) is 6.92 Å². The van der Waals surface area contributed by atoms with Gasteiger partial charge in [0.15, 0.2) is 11.6 Å². The van der Waals surface area contributed by atoms with Crippen LogP contribution in [0.4, 0.5) is 11.6 Å². The van der Waals surface area contributed by atoms with E-state index in [1.54, 1.807) is 24.0 Å². The molecule has 1 fully saturated rings. The number of carbonyl (C=O) groups is 1. The molecule has 10 heteroatoms. The minimum absolute atomic E-state index is 0.0786.